The molecule has 0 spiro atoms. The van der Waals surface area contributed by atoms with Crippen LogP contribution >= 0.6 is 0 Å². The van der Waals surface area contributed by atoms with Crippen molar-refractivity contribution >= 4 is 5.97 Å². The summed E-state index contributed by atoms with van der Waals surface area (Å²) in [5.41, 5.74) is 4.23. The molecular weight excluding hydrogens is 312 g/mol. The van der Waals surface area contributed by atoms with Crippen molar-refractivity contribution in [2.24, 2.45) is 0 Å². The summed E-state index contributed by atoms with van der Waals surface area (Å²) < 4.78 is 5.73. The minimum absolute atomic E-state index is 0.336. The summed E-state index contributed by atoms with van der Waals surface area (Å²) in [6.07, 6.45) is -0.578. The smallest absolute Gasteiger partial charge is 0.345 e. The molecule has 0 fully saturated rings. The molecule has 126 valence electrons. The first-order valence-electron chi connectivity index (χ1n) is 8.23. The summed E-state index contributed by atoms with van der Waals surface area (Å²) in [6.45, 7) is 1.98. The Morgan fingerprint density at radius 1 is 0.880 bits per heavy atom. The van der Waals surface area contributed by atoms with Gasteiger partial charge in [-0.3, -0.25) is 0 Å². The number of aryl methyl sites for hydroxylation is 1. The van der Waals surface area contributed by atoms with Gasteiger partial charge in [0.2, 0.25) is 0 Å². The fraction of sp³-hybridized carbons (Fsp3) is 0.136. The van der Waals surface area contributed by atoms with Gasteiger partial charge in [0.25, 0.3) is 0 Å². The Bertz CT molecular complexity index is 839. The van der Waals surface area contributed by atoms with E-state index in [1.165, 1.54) is 0 Å². The molecule has 3 heteroatoms. The normalized spacial score (nSPS) is 11.7. The van der Waals surface area contributed by atoms with Crippen LogP contribution in [0.2, 0.25) is 0 Å². The van der Waals surface area contributed by atoms with Gasteiger partial charge >= 0.3 is 5.97 Å². The van der Waals surface area contributed by atoms with E-state index in [9.17, 15) is 9.90 Å². The summed E-state index contributed by atoms with van der Waals surface area (Å²) in [5, 5.41) is 9.49. The van der Waals surface area contributed by atoms with Crippen LogP contribution in [0.4, 0.5) is 0 Å². The zero-order valence-corrected chi connectivity index (χ0v) is 14.1. The van der Waals surface area contributed by atoms with Gasteiger partial charge in [-0.1, -0.05) is 66.7 Å². The Hall–Kier alpha value is -3.07. The van der Waals surface area contributed by atoms with Crippen LogP contribution in [-0.2, 0) is 11.2 Å². The van der Waals surface area contributed by atoms with Crippen LogP contribution in [0.5, 0.6) is 5.75 Å². The van der Waals surface area contributed by atoms with Crippen molar-refractivity contribution in [1.82, 2.24) is 0 Å². The zero-order valence-electron chi connectivity index (χ0n) is 14.1. The van der Waals surface area contributed by atoms with E-state index < -0.39 is 12.1 Å². The maximum Gasteiger partial charge on any atom is 0.345 e. The minimum Gasteiger partial charge on any atom is -0.478 e. The number of benzene rings is 3. The van der Waals surface area contributed by atoms with Gasteiger partial charge in [0.15, 0.2) is 6.10 Å². The lowest BCUT2D eigenvalue weighted by atomic mass is 10.0. The third kappa shape index (κ3) is 4.27. The molecule has 0 aromatic heterocycles. The maximum absolute atomic E-state index is 11.6. The van der Waals surface area contributed by atoms with E-state index in [0.29, 0.717) is 12.2 Å². The fourth-order valence-electron chi connectivity index (χ4n) is 2.74. The predicted octanol–water partition coefficient (Wildman–Crippen LogP) is 4.74. The molecule has 3 aromatic carbocycles. The SMILES string of the molecule is Cc1ccccc1C[C@@H](Oc1ccc(-c2ccccc2)cc1)C(=O)O. The van der Waals surface area contributed by atoms with Gasteiger partial charge in [0, 0.05) is 6.42 Å². The summed E-state index contributed by atoms with van der Waals surface area (Å²) in [7, 11) is 0. The number of hydrogen-bond acceptors (Lipinski definition) is 2. The number of carbonyl (C=O) groups is 1. The third-order valence-electron chi connectivity index (χ3n) is 4.18. The van der Waals surface area contributed by atoms with Crippen LogP contribution in [0.15, 0.2) is 78.9 Å². The first-order valence-corrected chi connectivity index (χ1v) is 8.23. The predicted molar refractivity (Wildman–Crippen MR) is 98.8 cm³/mol. The Labute approximate surface area is 147 Å². The lowest BCUT2D eigenvalue weighted by Crippen LogP contribution is -2.29. The zero-order chi connectivity index (χ0) is 17.6. The lowest BCUT2D eigenvalue weighted by molar-refractivity contribution is -0.145. The van der Waals surface area contributed by atoms with Gasteiger partial charge in [-0.05, 0) is 41.3 Å². The van der Waals surface area contributed by atoms with Gasteiger partial charge in [-0.25, -0.2) is 4.79 Å². The minimum atomic E-state index is -0.963. The summed E-state index contributed by atoms with van der Waals surface area (Å²) >= 11 is 0. The van der Waals surface area contributed by atoms with E-state index in [2.05, 4.69) is 0 Å². The van der Waals surface area contributed by atoms with Crippen molar-refractivity contribution in [3.05, 3.63) is 90.0 Å². The second kappa shape index (κ2) is 7.67. The van der Waals surface area contributed by atoms with Crippen LogP contribution in [0.3, 0.4) is 0 Å². The number of carboxylic acid groups (broad SMARTS) is 1. The Kier molecular flexibility index (Phi) is 5.14. The average Bonchev–Trinajstić information content (AvgIpc) is 2.64. The quantitative estimate of drug-likeness (QED) is 0.709. The van der Waals surface area contributed by atoms with Crippen molar-refractivity contribution in [2.75, 3.05) is 0 Å². The molecule has 0 bridgehead atoms. The second-order valence-electron chi connectivity index (χ2n) is 5.97. The van der Waals surface area contributed by atoms with E-state index in [-0.39, 0.29) is 0 Å². The van der Waals surface area contributed by atoms with E-state index in [0.717, 1.165) is 22.3 Å². The lowest BCUT2D eigenvalue weighted by Gasteiger charge is -2.16. The van der Waals surface area contributed by atoms with Crippen molar-refractivity contribution < 1.29 is 14.6 Å². The highest BCUT2D eigenvalue weighted by molar-refractivity contribution is 5.73. The topological polar surface area (TPSA) is 46.5 Å². The van der Waals surface area contributed by atoms with Crippen molar-refractivity contribution in [3.63, 3.8) is 0 Å². The maximum atomic E-state index is 11.6. The Morgan fingerprint density at radius 2 is 1.48 bits per heavy atom. The molecule has 25 heavy (non-hydrogen) atoms. The summed E-state index contributed by atoms with van der Waals surface area (Å²) in [5.74, 6) is -0.406. The van der Waals surface area contributed by atoms with Gasteiger partial charge in [0.05, 0.1) is 0 Å². The molecule has 1 atom stereocenters. The average molecular weight is 332 g/mol. The first-order chi connectivity index (χ1) is 12.1. The van der Waals surface area contributed by atoms with Gasteiger partial charge in [-0.15, -0.1) is 0 Å². The molecule has 0 aliphatic carbocycles. The summed E-state index contributed by atoms with van der Waals surface area (Å²) in [4.78, 5) is 11.6. The number of aliphatic carboxylic acids is 1. The van der Waals surface area contributed by atoms with Crippen LogP contribution in [-0.4, -0.2) is 17.2 Å². The Morgan fingerprint density at radius 3 is 2.12 bits per heavy atom. The van der Waals surface area contributed by atoms with Crippen LogP contribution < -0.4 is 4.74 Å². The van der Waals surface area contributed by atoms with Crippen LogP contribution in [0.25, 0.3) is 11.1 Å². The number of ether oxygens (including phenoxy) is 1. The molecule has 3 rings (SSSR count). The molecule has 0 radical (unpaired) electrons. The highest BCUT2D eigenvalue weighted by Crippen LogP contribution is 2.23. The van der Waals surface area contributed by atoms with Gasteiger partial charge < -0.3 is 9.84 Å². The number of rotatable bonds is 6. The highest BCUT2D eigenvalue weighted by Gasteiger charge is 2.20. The molecule has 3 nitrogen and oxygen atoms in total. The largest absolute Gasteiger partial charge is 0.478 e. The highest BCUT2D eigenvalue weighted by atomic mass is 16.5. The molecule has 1 N–H and O–H groups in total. The van der Waals surface area contributed by atoms with Crippen LogP contribution in [0.1, 0.15) is 11.1 Å². The van der Waals surface area contributed by atoms with E-state index in [1.807, 2.05) is 85.8 Å². The van der Waals surface area contributed by atoms with Crippen molar-refractivity contribution in [3.8, 4) is 16.9 Å². The van der Waals surface area contributed by atoms with Crippen molar-refractivity contribution in [2.45, 2.75) is 19.4 Å². The number of hydrogen-bond donors (Lipinski definition) is 1. The van der Waals surface area contributed by atoms with Crippen LogP contribution in [0, 0.1) is 6.92 Å². The molecule has 3 aromatic rings. The molecule has 0 saturated carbocycles. The standard InChI is InChI=1S/C22H20O3/c1-16-7-5-6-10-19(16)15-21(22(23)24)25-20-13-11-18(12-14-20)17-8-3-2-4-9-17/h2-14,21H,15H2,1H3,(H,23,24)/t21-/m1/s1. The second-order valence-corrected chi connectivity index (χ2v) is 5.97. The van der Waals surface area contributed by atoms with Gasteiger partial charge in [0.1, 0.15) is 5.75 Å². The molecular formula is C22H20O3. The first kappa shape index (κ1) is 16.8. The van der Waals surface area contributed by atoms with Gasteiger partial charge in [-0.2, -0.15) is 0 Å². The molecule has 0 amide bonds. The molecule has 0 aliphatic heterocycles. The van der Waals surface area contributed by atoms with E-state index in [4.69, 9.17) is 4.74 Å². The van der Waals surface area contributed by atoms with E-state index >= 15 is 0 Å². The summed E-state index contributed by atoms with van der Waals surface area (Å²) in [6, 6.07) is 25.3. The Balaban J connectivity index is 1.74. The number of carboxylic acids is 1. The van der Waals surface area contributed by atoms with Crippen molar-refractivity contribution in [1.29, 1.82) is 0 Å². The van der Waals surface area contributed by atoms with E-state index in [1.54, 1.807) is 0 Å². The monoisotopic (exact) mass is 332 g/mol. The molecule has 0 saturated heterocycles. The third-order valence-corrected chi connectivity index (χ3v) is 4.18. The molecule has 0 aliphatic rings. The molecule has 0 unspecified atom stereocenters. The fourth-order valence-corrected chi connectivity index (χ4v) is 2.74. The molecule has 0 heterocycles.